The number of hydrogen-bond acceptors (Lipinski definition) is 6. The molecule has 0 unspecified atom stereocenters. The van der Waals surface area contributed by atoms with E-state index in [4.69, 9.17) is 9.47 Å². The number of nitrogens with zero attached hydrogens (tertiary/aromatic N) is 3. The van der Waals surface area contributed by atoms with Crippen molar-refractivity contribution in [2.24, 2.45) is 0 Å². The molecule has 7 heteroatoms. The Kier molecular flexibility index (Phi) is 4.18. The lowest BCUT2D eigenvalue weighted by atomic mass is 10.1. The first-order chi connectivity index (χ1) is 13.3. The molecular weight excluding hydrogens is 362 g/mol. The van der Waals surface area contributed by atoms with Gasteiger partial charge in [-0.05, 0) is 29.8 Å². The summed E-state index contributed by atoms with van der Waals surface area (Å²) in [5.41, 5.74) is 4.66. The number of rotatable bonds is 3. The molecule has 2 aliphatic heterocycles. The molecule has 1 aromatic heterocycles. The van der Waals surface area contributed by atoms with E-state index in [0.717, 1.165) is 60.0 Å². The largest absolute Gasteiger partial charge is 0.454 e. The molecule has 5 rings (SSSR count). The average Bonchev–Trinajstić information content (AvgIpc) is 3.36. The molecule has 2 aromatic carbocycles. The SMILES string of the molecule is O=C(c1cccc2ncsc12)N1CCN(Cc2ccc3c(c2)OCO3)CC1. The van der Waals surface area contributed by atoms with Crippen LogP contribution in [0, 0.1) is 0 Å². The molecule has 3 heterocycles. The maximum absolute atomic E-state index is 13.0. The van der Waals surface area contributed by atoms with Crippen molar-refractivity contribution in [3.63, 3.8) is 0 Å². The third kappa shape index (κ3) is 3.13. The second-order valence-corrected chi connectivity index (χ2v) is 7.62. The molecule has 138 valence electrons. The summed E-state index contributed by atoms with van der Waals surface area (Å²) in [4.78, 5) is 21.6. The van der Waals surface area contributed by atoms with Crippen LogP contribution in [0.5, 0.6) is 11.5 Å². The third-order valence-corrected chi connectivity index (χ3v) is 5.97. The van der Waals surface area contributed by atoms with Crippen molar-refractivity contribution in [1.82, 2.24) is 14.8 Å². The predicted molar refractivity (Wildman–Crippen MR) is 103 cm³/mol. The van der Waals surface area contributed by atoms with Crippen LogP contribution in [0.15, 0.2) is 41.9 Å². The monoisotopic (exact) mass is 381 g/mol. The van der Waals surface area contributed by atoms with Crippen molar-refractivity contribution in [3.05, 3.63) is 53.0 Å². The van der Waals surface area contributed by atoms with Crippen LogP contribution in [0.3, 0.4) is 0 Å². The van der Waals surface area contributed by atoms with E-state index < -0.39 is 0 Å². The summed E-state index contributed by atoms with van der Waals surface area (Å²) in [5, 5.41) is 0. The Balaban J connectivity index is 1.24. The fourth-order valence-electron chi connectivity index (χ4n) is 3.63. The summed E-state index contributed by atoms with van der Waals surface area (Å²) in [6, 6.07) is 11.9. The van der Waals surface area contributed by atoms with Gasteiger partial charge in [-0.2, -0.15) is 0 Å². The number of aromatic nitrogens is 1. The molecule has 0 radical (unpaired) electrons. The molecule has 1 fully saturated rings. The minimum absolute atomic E-state index is 0.104. The Morgan fingerprint density at radius 1 is 1.07 bits per heavy atom. The fourth-order valence-corrected chi connectivity index (χ4v) is 4.43. The van der Waals surface area contributed by atoms with Gasteiger partial charge in [-0.3, -0.25) is 9.69 Å². The van der Waals surface area contributed by atoms with Crippen molar-refractivity contribution in [2.45, 2.75) is 6.54 Å². The normalized spacial score (nSPS) is 16.8. The summed E-state index contributed by atoms with van der Waals surface area (Å²) in [7, 11) is 0. The lowest BCUT2D eigenvalue weighted by Crippen LogP contribution is -2.48. The molecule has 1 amide bonds. The van der Waals surface area contributed by atoms with Crippen molar-refractivity contribution >= 4 is 27.5 Å². The van der Waals surface area contributed by atoms with Crippen LogP contribution in [0.25, 0.3) is 10.2 Å². The fraction of sp³-hybridized carbons (Fsp3) is 0.300. The van der Waals surface area contributed by atoms with Crippen LogP contribution in [0.4, 0.5) is 0 Å². The second kappa shape index (κ2) is 6.83. The van der Waals surface area contributed by atoms with Gasteiger partial charge in [0.05, 0.1) is 21.3 Å². The van der Waals surface area contributed by atoms with Crippen molar-refractivity contribution in [2.75, 3.05) is 33.0 Å². The lowest BCUT2D eigenvalue weighted by molar-refractivity contribution is 0.0630. The van der Waals surface area contributed by atoms with Gasteiger partial charge in [-0.1, -0.05) is 12.1 Å². The Morgan fingerprint density at radius 3 is 2.81 bits per heavy atom. The van der Waals surface area contributed by atoms with Gasteiger partial charge in [0.15, 0.2) is 11.5 Å². The zero-order valence-electron chi connectivity index (χ0n) is 14.8. The molecule has 0 aliphatic carbocycles. The zero-order chi connectivity index (χ0) is 18.2. The number of benzene rings is 2. The summed E-state index contributed by atoms with van der Waals surface area (Å²) in [6.45, 7) is 4.34. The number of ether oxygens (including phenoxy) is 2. The molecule has 2 aliphatic rings. The molecule has 0 saturated carbocycles. The lowest BCUT2D eigenvalue weighted by Gasteiger charge is -2.34. The second-order valence-electron chi connectivity index (χ2n) is 6.76. The number of carbonyl (C=O) groups is 1. The molecule has 0 N–H and O–H groups in total. The van der Waals surface area contributed by atoms with Crippen molar-refractivity contribution < 1.29 is 14.3 Å². The highest BCUT2D eigenvalue weighted by atomic mass is 32.1. The van der Waals surface area contributed by atoms with E-state index in [1.54, 1.807) is 5.51 Å². The Morgan fingerprint density at radius 2 is 1.93 bits per heavy atom. The van der Waals surface area contributed by atoms with Gasteiger partial charge in [0, 0.05) is 32.7 Å². The molecule has 27 heavy (non-hydrogen) atoms. The number of amides is 1. The van der Waals surface area contributed by atoms with Crippen LogP contribution in [-0.4, -0.2) is 53.7 Å². The van der Waals surface area contributed by atoms with Gasteiger partial charge in [-0.15, -0.1) is 11.3 Å². The maximum Gasteiger partial charge on any atom is 0.255 e. The van der Waals surface area contributed by atoms with Crippen LogP contribution in [0.2, 0.25) is 0 Å². The smallest absolute Gasteiger partial charge is 0.255 e. The standard InChI is InChI=1S/C20H19N3O3S/c24-20(15-2-1-3-16-19(15)27-12-21-16)23-8-6-22(7-9-23)11-14-4-5-17-18(10-14)26-13-25-17/h1-5,10,12H,6-9,11,13H2. The first kappa shape index (κ1) is 16.5. The molecule has 6 nitrogen and oxygen atoms in total. The van der Waals surface area contributed by atoms with Crippen LogP contribution in [0.1, 0.15) is 15.9 Å². The topological polar surface area (TPSA) is 54.9 Å². The average molecular weight is 381 g/mol. The minimum Gasteiger partial charge on any atom is -0.454 e. The molecule has 0 spiro atoms. The quantitative estimate of drug-likeness (QED) is 0.698. The van der Waals surface area contributed by atoms with Gasteiger partial charge in [-0.25, -0.2) is 4.98 Å². The summed E-state index contributed by atoms with van der Waals surface area (Å²) >= 11 is 1.53. The van der Waals surface area contributed by atoms with E-state index in [2.05, 4.69) is 16.0 Å². The first-order valence-electron chi connectivity index (χ1n) is 9.00. The van der Waals surface area contributed by atoms with E-state index in [-0.39, 0.29) is 5.91 Å². The summed E-state index contributed by atoms with van der Waals surface area (Å²) < 4.78 is 11.8. The summed E-state index contributed by atoms with van der Waals surface area (Å²) in [6.07, 6.45) is 0. The van der Waals surface area contributed by atoms with E-state index >= 15 is 0 Å². The number of carbonyl (C=O) groups excluding carboxylic acids is 1. The molecule has 0 atom stereocenters. The third-order valence-electron chi connectivity index (χ3n) is 5.09. The number of thiazole rings is 1. The Hall–Kier alpha value is -2.64. The van der Waals surface area contributed by atoms with Gasteiger partial charge >= 0.3 is 0 Å². The van der Waals surface area contributed by atoms with E-state index in [9.17, 15) is 4.79 Å². The highest BCUT2D eigenvalue weighted by Gasteiger charge is 2.24. The van der Waals surface area contributed by atoms with Crippen LogP contribution < -0.4 is 9.47 Å². The Labute approximate surface area is 160 Å². The van der Waals surface area contributed by atoms with Crippen molar-refractivity contribution in [3.8, 4) is 11.5 Å². The minimum atomic E-state index is 0.104. The van der Waals surface area contributed by atoms with E-state index in [0.29, 0.717) is 6.79 Å². The van der Waals surface area contributed by atoms with Crippen LogP contribution in [-0.2, 0) is 6.54 Å². The van der Waals surface area contributed by atoms with E-state index in [1.165, 1.54) is 16.9 Å². The van der Waals surface area contributed by atoms with Gasteiger partial charge in [0.1, 0.15) is 0 Å². The maximum atomic E-state index is 13.0. The number of fused-ring (bicyclic) bond motifs is 2. The predicted octanol–water partition coefficient (Wildman–Crippen LogP) is 2.98. The zero-order valence-corrected chi connectivity index (χ0v) is 15.6. The highest BCUT2D eigenvalue weighted by molar-refractivity contribution is 7.17. The molecule has 3 aromatic rings. The highest BCUT2D eigenvalue weighted by Crippen LogP contribution is 2.33. The van der Waals surface area contributed by atoms with Gasteiger partial charge in [0.25, 0.3) is 5.91 Å². The Bertz CT molecular complexity index is 995. The van der Waals surface area contributed by atoms with Crippen LogP contribution >= 0.6 is 11.3 Å². The van der Waals surface area contributed by atoms with Gasteiger partial charge in [0.2, 0.25) is 6.79 Å². The van der Waals surface area contributed by atoms with E-state index in [1.807, 2.05) is 35.2 Å². The number of hydrogen-bond donors (Lipinski definition) is 0. The molecule has 0 bridgehead atoms. The first-order valence-corrected chi connectivity index (χ1v) is 9.88. The molecular formula is C20H19N3O3S. The molecule has 1 saturated heterocycles. The van der Waals surface area contributed by atoms with Gasteiger partial charge < -0.3 is 14.4 Å². The summed E-state index contributed by atoms with van der Waals surface area (Å²) in [5.74, 6) is 1.73. The van der Waals surface area contributed by atoms with Crippen molar-refractivity contribution in [1.29, 1.82) is 0 Å². The number of piperazine rings is 1.